The summed E-state index contributed by atoms with van der Waals surface area (Å²) in [5.41, 5.74) is 8.48. The highest BCUT2D eigenvalue weighted by Crippen LogP contribution is 2.32. The van der Waals surface area contributed by atoms with Gasteiger partial charge in [0, 0.05) is 32.1 Å². The number of imidazole rings is 1. The molecule has 168 valence electrons. The SMILES string of the molecule is CC(C)c1nc2c(-c3cccc(S(=O)(=O)N(C)C)c3)cccc2n1C/C(F)=C/CN.Cl. The zero-order chi connectivity index (χ0) is 22.1. The Morgan fingerprint density at radius 2 is 1.90 bits per heavy atom. The summed E-state index contributed by atoms with van der Waals surface area (Å²) in [6.45, 7) is 4.20. The molecule has 0 amide bonds. The normalized spacial score (nSPS) is 12.6. The third-order valence-electron chi connectivity index (χ3n) is 4.90. The first-order valence-corrected chi connectivity index (χ1v) is 11.2. The van der Waals surface area contributed by atoms with E-state index in [1.54, 1.807) is 18.2 Å². The Morgan fingerprint density at radius 1 is 1.23 bits per heavy atom. The quantitative estimate of drug-likeness (QED) is 0.562. The summed E-state index contributed by atoms with van der Waals surface area (Å²) in [6.07, 6.45) is 1.36. The minimum atomic E-state index is -3.56. The largest absolute Gasteiger partial charge is 0.327 e. The molecule has 3 aromatic rings. The van der Waals surface area contributed by atoms with E-state index in [-0.39, 0.29) is 42.1 Å². The summed E-state index contributed by atoms with van der Waals surface area (Å²) < 4.78 is 42.4. The van der Waals surface area contributed by atoms with Crippen LogP contribution in [0.25, 0.3) is 22.2 Å². The second-order valence-corrected chi connectivity index (χ2v) is 9.74. The first-order chi connectivity index (χ1) is 14.2. The number of nitrogens with zero attached hydrogens (tertiary/aromatic N) is 3. The van der Waals surface area contributed by atoms with Gasteiger partial charge in [-0.05, 0) is 29.8 Å². The topological polar surface area (TPSA) is 81.2 Å². The number of sulfonamides is 1. The maximum atomic E-state index is 14.3. The Morgan fingerprint density at radius 3 is 2.52 bits per heavy atom. The Balaban J connectivity index is 0.00000341. The van der Waals surface area contributed by atoms with E-state index >= 15 is 0 Å². The highest BCUT2D eigenvalue weighted by molar-refractivity contribution is 7.89. The van der Waals surface area contributed by atoms with Gasteiger partial charge in [-0.2, -0.15) is 0 Å². The van der Waals surface area contributed by atoms with Crippen LogP contribution in [0.1, 0.15) is 25.6 Å². The monoisotopic (exact) mass is 466 g/mol. The van der Waals surface area contributed by atoms with Crippen LogP contribution in [-0.4, -0.2) is 42.9 Å². The van der Waals surface area contributed by atoms with Gasteiger partial charge in [0.1, 0.15) is 11.7 Å². The third kappa shape index (κ3) is 4.98. The van der Waals surface area contributed by atoms with E-state index in [2.05, 4.69) is 0 Å². The molecule has 0 spiro atoms. The van der Waals surface area contributed by atoms with E-state index in [1.165, 1.54) is 24.5 Å². The second-order valence-electron chi connectivity index (χ2n) is 7.59. The average molecular weight is 467 g/mol. The molecule has 0 radical (unpaired) electrons. The molecule has 2 aromatic carbocycles. The molecule has 1 aromatic heterocycles. The molecule has 0 saturated carbocycles. The minimum absolute atomic E-state index is 0. The molecule has 31 heavy (non-hydrogen) atoms. The van der Waals surface area contributed by atoms with Gasteiger partial charge >= 0.3 is 0 Å². The maximum absolute atomic E-state index is 14.3. The van der Waals surface area contributed by atoms with Crippen LogP contribution in [0, 0.1) is 0 Å². The molecule has 2 N–H and O–H groups in total. The van der Waals surface area contributed by atoms with Crippen molar-refractivity contribution in [1.82, 2.24) is 13.9 Å². The van der Waals surface area contributed by atoms with Crippen molar-refractivity contribution in [3.05, 3.63) is 60.2 Å². The molecule has 0 aliphatic carbocycles. The predicted molar refractivity (Wildman–Crippen MR) is 126 cm³/mol. The molecule has 0 fully saturated rings. The summed E-state index contributed by atoms with van der Waals surface area (Å²) >= 11 is 0. The van der Waals surface area contributed by atoms with Crippen LogP contribution < -0.4 is 5.73 Å². The Labute approximate surface area is 189 Å². The zero-order valence-electron chi connectivity index (χ0n) is 18.0. The van der Waals surface area contributed by atoms with Gasteiger partial charge in [-0.3, -0.25) is 0 Å². The first-order valence-electron chi connectivity index (χ1n) is 9.73. The van der Waals surface area contributed by atoms with E-state index in [9.17, 15) is 12.8 Å². The van der Waals surface area contributed by atoms with Crippen molar-refractivity contribution in [3.63, 3.8) is 0 Å². The van der Waals surface area contributed by atoms with Crippen LogP contribution in [0.15, 0.2) is 59.3 Å². The van der Waals surface area contributed by atoms with Crippen LogP contribution in [0.3, 0.4) is 0 Å². The van der Waals surface area contributed by atoms with E-state index in [0.717, 1.165) is 22.5 Å². The lowest BCUT2D eigenvalue weighted by atomic mass is 10.0. The summed E-state index contributed by atoms with van der Waals surface area (Å²) in [6, 6.07) is 12.5. The lowest BCUT2D eigenvalue weighted by Crippen LogP contribution is -2.22. The van der Waals surface area contributed by atoms with Crippen molar-refractivity contribution in [2.45, 2.75) is 31.2 Å². The first kappa shape index (κ1) is 25.0. The molecule has 0 atom stereocenters. The lowest BCUT2D eigenvalue weighted by Gasteiger charge is -2.12. The van der Waals surface area contributed by atoms with Gasteiger partial charge in [-0.1, -0.05) is 38.1 Å². The molecule has 1 heterocycles. The molecule has 9 heteroatoms. The molecule has 0 aliphatic rings. The van der Waals surface area contributed by atoms with Gasteiger partial charge in [-0.25, -0.2) is 22.1 Å². The van der Waals surface area contributed by atoms with Crippen molar-refractivity contribution in [3.8, 4) is 11.1 Å². The molecular weight excluding hydrogens is 439 g/mol. The summed E-state index contributed by atoms with van der Waals surface area (Å²) in [5.74, 6) is 0.523. The van der Waals surface area contributed by atoms with Crippen molar-refractivity contribution >= 4 is 33.5 Å². The number of hydrogen-bond acceptors (Lipinski definition) is 4. The maximum Gasteiger partial charge on any atom is 0.242 e. The van der Waals surface area contributed by atoms with E-state index in [0.29, 0.717) is 5.52 Å². The van der Waals surface area contributed by atoms with E-state index in [1.807, 2.05) is 42.7 Å². The minimum Gasteiger partial charge on any atom is -0.327 e. The molecular formula is C22H28ClFN4O2S. The zero-order valence-corrected chi connectivity index (χ0v) is 19.7. The number of hydrogen-bond donors (Lipinski definition) is 1. The average Bonchev–Trinajstić information content (AvgIpc) is 3.07. The molecule has 0 aliphatic heterocycles. The number of para-hydroxylation sites is 1. The van der Waals surface area contributed by atoms with Gasteiger partial charge in [0.2, 0.25) is 10.0 Å². The Kier molecular flexibility index (Phi) is 7.99. The Hall–Kier alpha value is -2.26. The lowest BCUT2D eigenvalue weighted by molar-refractivity contribution is 0.521. The summed E-state index contributed by atoms with van der Waals surface area (Å²) in [5, 5.41) is 0. The number of nitrogens with two attached hydrogens (primary N) is 1. The second kappa shape index (κ2) is 9.91. The number of rotatable bonds is 7. The smallest absolute Gasteiger partial charge is 0.242 e. The molecule has 0 bridgehead atoms. The van der Waals surface area contributed by atoms with Gasteiger partial charge in [-0.15, -0.1) is 12.4 Å². The van der Waals surface area contributed by atoms with Crippen molar-refractivity contribution in [2.24, 2.45) is 5.73 Å². The fourth-order valence-corrected chi connectivity index (χ4v) is 4.33. The number of benzene rings is 2. The van der Waals surface area contributed by atoms with Crippen molar-refractivity contribution in [2.75, 3.05) is 20.6 Å². The van der Waals surface area contributed by atoms with Gasteiger partial charge in [0.05, 0.1) is 22.5 Å². The van der Waals surface area contributed by atoms with Crippen LogP contribution in [0.4, 0.5) is 4.39 Å². The number of aromatic nitrogens is 2. The fraction of sp³-hybridized carbons (Fsp3) is 0.318. The van der Waals surface area contributed by atoms with Gasteiger partial charge < -0.3 is 10.3 Å². The highest BCUT2D eigenvalue weighted by Gasteiger charge is 2.20. The van der Waals surface area contributed by atoms with Crippen LogP contribution in [0.5, 0.6) is 0 Å². The number of fused-ring (bicyclic) bond motifs is 1. The van der Waals surface area contributed by atoms with Crippen molar-refractivity contribution in [1.29, 1.82) is 0 Å². The summed E-state index contributed by atoms with van der Waals surface area (Å²) in [7, 11) is -0.555. The fourth-order valence-electron chi connectivity index (χ4n) is 3.38. The van der Waals surface area contributed by atoms with Crippen LogP contribution in [0.2, 0.25) is 0 Å². The molecule has 0 saturated heterocycles. The standard InChI is InChI=1S/C22H27FN4O2S.ClH/c1-15(2)22-25-21-19(9-6-10-20(21)27(22)14-17(23)11-12-24)16-7-5-8-18(13-16)30(28,29)26(3)4;/h5-11,13,15H,12,14,24H2,1-4H3;1H/b17-11-;. The van der Waals surface area contributed by atoms with Crippen molar-refractivity contribution < 1.29 is 12.8 Å². The van der Waals surface area contributed by atoms with Crippen LogP contribution >= 0.6 is 12.4 Å². The summed E-state index contributed by atoms with van der Waals surface area (Å²) in [4.78, 5) is 5.02. The number of allylic oxidation sites excluding steroid dienone is 1. The van der Waals surface area contributed by atoms with Gasteiger partial charge in [0.25, 0.3) is 0 Å². The number of halogens is 2. The third-order valence-corrected chi connectivity index (χ3v) is 6.71. The predicted octanol–water partition coefficient (Wildman–Crippen LogP) is 4.31. The van der Waals surface area contributed by atoms with Gasteiger partial charge in [0.15, 0.2) is 0 Å². The Bertz CT molecular complexity index is 1200. The molecule has 6 nitrogen and oxygen atoms in total. The molecule has 0 unspecified atom stereocenters. The van der Waals surface area contributed by atoms with E-state index in [4.69, 9.17) is 10.7 Å². The van der Waals surface area contributed by atoms with Crippen LogP contribution in [-0.2, 0) is 16.6 Å². The van der Waals surface area contributed by atoms with E-state index < -0.39 is 10.0 Å². The highest BCUT2D eigenvalue weighted by atomic mass is 35.5. The molecule has 3 rings (SSSR count).